The Labute approximate surface area is 281 Å². The van der Waals surface area contributed by atoms with Crippen LogP contribution in [0.2, 0.25) is 0 Å². The van der Waals surface area contributed by atoms with Crippen molar-refractivity contribution in [2.24, 2.45) is 0 Å². The molecule has 1 saturated carbocycles. The van der Waals surface area contributed by atoms with E-state index in [1.165, 1.54) is 18.5 Å². The molecular weight excluding hydrogens is 660 g/mol. The summed E-state index contributed by atoms with van der Waals surface area (Å²) in [6.07, 6.45) is 8.73. The summed E-state index contributed by atoms with van der Waals surface area (Å²) in [5.41, 5.74) is 8.02. The highest BCUT2D eigenvalue weighted by Crippen LogP contribution is 2.39. The lowest BCUT2D eigenvalue weighted by Crippen LogP contribution is -2.49. The van der Waals surface area contributed by atoms with Crippen molar-refractivity contribution in [1.29, 1.82) is 0 Å². The standard InChI is InChI=1S/C29H33F2N7O2S.C4H4O4/c1-36-12-14-37(15-13-36)21-5-7-22(8-6-21)38-17-24(27-28(32)33-18-34-29(27)38)19-2-11-26(25(31)16-19)35-41(39,40)23-9-3-20(30)4-10-23;5-3(6)1-2-4(7)8/h2-4,9-11,16-18,21-22,35H,5-8,12-15H2,1H3,(H2,32,33,34);1-2H,(H,5,6)(H,7,8)/b;2-1-/t21-,22-;. The number of hydrogen-bond acceptors (Lipinski definition) is 9. The minimum atomic E-state index is -4.10. The maximum atomic E-state index is 15.3. The molecule has 260 valence electrons. The molecule has 2 aromatic heterocycles. The predicted octanol–water partition coefficient (Wildman–Crippen LogP) is 4.20. The smallest absolute Gasteiger partial charge is 0.328 e. The molecule has 2 aliphatic rings. The number of aromatic nitrogens is 3. The quantitative estimate of drug-likeness (QED) is 0.194. The van der Waals surface area contributed by atoms with E-state index in [4.69, 9.17) is 15.9 Å². The molecule has 1 aliphatic heterocycles. The van der Waals surface area contributed by atoms with E-state index < -0.39 is 33.6 Å². The van der Waals surface area contributed by atoms with Crippen LogP contribution < -0.4 is 10.5 Å². The van der Waals surface area contributed by atoms with E-state index in [9.17, 15) is 22.4 Å². The van der Waals surface area contributed by atoms with Crippen LogP contribution in [-0.2, 0) is 19.6 Å². The van der Waals surface area contributed by atoms with Crippen LogP contribution in [0.5, 0.6) is 0 Å². The highest BCUT2D eigenvalue weighted by atomic mass is 32.2. The molecule has 1 aliphatic carbocycles. The molecule has 2 aromatic carbocycles. The second-order valence-corrected chi connectivity index (χ2v) is 13.7. The van der Waals surface area contributed by atoms with Gasteiger partial charge < -0.3 is 25.4 Å². The summed E-state index contributed by atoms with van der Waals surface area (Å²) in [7, 11) is -1.94. The van der Waals surface area contributed by atoms with Gasteiger partial charge in [0.05, 0.1) is 16.0 Å². The van der Waals surface area contributed by atoms with Crippen molar-refractivity contribution in [1.82, 2.24) is 24.3 Å². The molecule has 4 aromatic rings. The molecular formula is C33H37F2N7O6S. The molecule has 16 heteroatoms. The van der Waals surface area contributed by atoms with Gasteiger partial charge in [-0.2, -0.15) is 0 Å². The molecule has 5 N–H and O–H groups in total. The molecule has 2 fully saturated rings. The van der Waals surface area contributed by atoms with Gasteiger partial charge in [0.15, 0.2) is 0 Å². The number of nitrogens with zero attached hydrogens (tertiary/aromatic N) is 5. The van der Waals surface area contributed by atoms with Crippen molar-refractivity contribution >= 4 is 44.5 Å². The first kappa shape index (κ1) is 35.4. The van der Waals surface area contributed by atoms with Crippen LogP contribution in [0.1, 0.15) is 31.7 Å². The number of nitrogen functional groups attached to an aromatic ring is 1. The van der Waals surface area contributed by atoms with E-state index in [1.807, 2.05) is 6.20 Å². The van der Waals surface area contributed by atoms with Crippen molar-refractivity contribution in [2.45, 2.75) is 42.7 Å². The number of fused-ring (bicyclic) bond motifs is 1. The van der Waals surface area contributed by atoms with Gasteiger partial charge in [-0.05, 0) is 74.7 Å². The fourth-order valence-electron chi connectivity index (χ4n) is 6.22. The van der Waals surface area contributed by atoms with E-state index in [-0.39, 0.29) is 16.6 Å². The maximum Gasteiger partial charge on any atom is 0.328 e. The average Bonchev–Trinajstić information content (AvgIpc) is 3.47. The summed E-state index contributed by atoms with van der Waals surface area (Å²) in [5, 5.41) is 16.3. The first-order chi connectivity index (χ1) is 23.3. The lowest BCUT2D eigenvalue weighted by molar-refractivity contribution is -0.134. The average molecular weight is 698 g/mol. The number of rotatable bonds is 8. The van der Waals surface area contributed by atoms with Gasteiger partial charge in [0, 0.05) is 62.2 Å². The first-order valence-corrected chi connectivity index (χ1v) is 17.1. The van der Waals surface area contributed by atoms with Crippen LogP contribution >= 0.6 is 0 Å². The Morgan fingerprint density at radius 3 is 2.12 bits per heavy atom. The molecule has 0 radical (unpaired) electrons. The van der Waals surface area contributed by atoms with Gasteiger partial charge in [-0.15, -0.1) is 0 Å². The Morgan fingerprint density at radius 2 is 1.53 bits per heavy atom. The fraction of sp³-hybridized carbons (Fsp3) is 0.333. The zero-order chi connectivity index (χ0) is 35.3. The van der Waals surface area contributed by atoms with Crippen molar-refractivity contribution in [3.63, 3.8) is 0 Å². The van der Waals surface area contributed by atoms with Crippen LogP contribution in [0.15, 0.2) is 72.0 Å². The molecule has 0 spiro atoms. The van der Waals surface area contributed by atoms with Crippen molar-refractivity contribution in [3.05, 3.63) is 78.8 Å². The Kier molecular flexibility index (Phi) is 10.9. The van der Waals surface area contributed by atoms with Crippen LogP contribution in [0.3, 0.4) is 0 Å². The van der Waals surface area contributed by atoms with E-state index in [0.717, 1.165) is 76.1 Å². The number of nitrogens with one attached hydrogen (secondary N) is 1. The van der Waals surface area contributed by atoms with Crippen LogP contribution in [0.4, 0.5) is 20.3 Å². The summed E-state index contributed by atoms with van der Waals surface area (Å²) in [6, 6.07) is 9.43. The van der Waals surface area contributed by atoms with Crippen molar-refractivity contribution in [2.75, 3.05) is 43.7 Å². The SMILES string of the molecule is CN1CCN([C@H]2CC[C@H](n3cc(-c4ccc(NS(=O)(=O)c5ccc(F)cc5)c(F)c4)c4c(N)ncnc43)CC2)CC1.O=C(O)/C=C\C(=O)O. The van der Waals surface area contributed by atoms with Crippen LogP contribution in [-0.4, -0.2) is 94.2 Å². The van der Waals surface area contributed by atoms with Gasteiger partial charge >= 0.3 is 11.9 Å². The molecule has 49 heavy (non-hydrogen) atoms. The number of hydrogen-bond donors (Lipinski definition) is 4. The van der Waals surface area contributed by atoms with E-state index in [0.29, 0.717) is 46.2 Å². The number of anilines is 2. The number of halogens is 2. The fourth-order valence-corrected chi connectivity index (χ4v) is 7.29. The molecule has 0 amide bonds. The van der Waals surface area contributed by atoms with E-state index in [2.05, 4.69) is 36.1 Å². The molecule has 1 saturated heterocycles. The summed E-state index contributed by atoms with van der Waals surface area (Å²) in [6.45, 7) is 4.41. The number of carbonyl (C=O) groups is 2. The Morgan fingerprint density at radius 1 is 0.918 bits per heavy atom. The topological polar surface area (TPSA) is 184 Å². The van der Waals surface area contributed by atoms with Gasteiger partial charge in [0.1, 0.15) is 29.4 Å². The number of benzene rings is 2. The van der Waals surface area contributed by atoms with Crippen molar-refractivity contribution < 1.29 is 37.0 Å². The number of aliphatic carboxylic acids is 2. The monoisotopic (exact) mass is 697 g/mol. The lowest BCUT2D eigenvalue weighted by Gasteiger charge is -2.41. The zero-order valence-corrected chi connectivity index (χ0v) is 27.5. The number of carboxylic acids is 2. The number of likely N-dealkylation sites (N-methyl/N-ethyl adjacent to an activating group) is 1. The van der Waals surface area contributed by atoms with Gasteiger partial charge in [0.25, 0.3) is 10.0 Å². The zero-order valence-electron chi connectivity index (χ0n) is 26.7. The Bertz CT molecular complexity index is 1940. The molecule has 6 rings (SSSR count). The van der Waals surface area contributed by atoms with E-state index in [1.54, 1.807) is 6.07 Å². The second kappa shape index (κ2) is 15.1. The highest BCUT2D eigenvalue weighted by Gasteiger charge is 2.30. The number of nitrogens with two attached hydrogens (primary N) is 1. The van der Waals surface area contributed by atoms with Crippen LogP contribution in [0.25, 0.3) is 22.2 Å². The summed E-state index contributed by atoms with van der Waals surface area (Å²) in [4.78, 5) is 32.7. The number of sulfonamides is 1. The molecule has 0 unspecified atom stereocenters. The lowest BCUT2D eigenvalue weighted by atomic mass is 9.89. The molecule has 13 nitrogen and oxygen atoms in total. The predicted molar refractivity (Wildman–Crippen MR) is 179 cm³/mol. The highest BCUT2D eigenvalue weighted by molar-refractivity contribution is 7.92. The molecule has 0 bridgehead atoms. The second-order valence-electron chi connectivity index (χ2n) is 12.0. The van der Waals surface area contributed by atoms with E-state index >= 15 is 4.39 Å². The maximum absolute atomic E-state index is 15.3. The third-order valence-electron chi connectivity index (χ3n) is 8.77. The van der Waals surface area contributed by atoms with Gasteiger partial charge in [-0.25, -0.2) is 36.8 Å². The molecule has 3 heterocycles. The number of carboxylic acid groups (broad SMARTS) is 2. The largest absolute Gasteiger partial charge is 0.478 e. The summed E-state index contributed by atoms with van der Waals surface area (Å²) >= 11 is 0. The minimum absolute atomic E-state index is 0.169. The van der Waals surface area contributed by atoms with Crippen molar-refractivity contribution in [3.8, 4) is 11.1 Å². The number of piperazine rings is 1. The Hall–Kier alpha value is -4.93. The van der Waals surface area contributed by atoms with Crippen LogP contribution in [0, 0.1) is 11.6 Å². The van der Waals surface area contributed by atoms with Gasteiger partial charge in [-0.1, -0.05) is 6.07 Å². The normalized spacial score (nSPS) is 19.0. The third-order valence-corrected chi connectivity index (χ3v) is 10.2. The minimum Gasteiger partial charge on any atom is -0.478 e. The third kappa shape index (κ3) is 8.57. The summed E-state index contributed by atoms with van der Waals surface area (Å²) in [5.74, 6) is -3.53. The Balaban J connectivity index is 0.000000523. The first-order valence-electron chi connectivity index (χ1n) is 15.6. The van der Waals surface area contributed by atoms with Gasteiger partial charge in [0.2, 0.25) is 0 Å². The van der Waals surface area contributed by atoms with Gasteiger partial charge in [-0.3, -0.25) is 9.62 Å². The molecule has 0 atom stereocenters. The summed E-state index contributed by atoms with van der Waals surface area (Å²) < 4.78 is 58.4.